The highest BCUT2D eigenvalue weighted by Gasteiger charge is 2.29. The van der Waals surface area contributed by atoms with Crippen LogP contribution in [-0.4, -0.2) is 137 Å². The molecule has 8 heterocycles. The summed E-state index contributed by atoms with van der Waals surface area (Å²) in [5, 5.41) is 31.2. The third-order valence-corrected chi connectivity index (χ3v) is 12.5. The summed E-state index contributed by atoms with van der Waals surface area (Å²) in [5.41, 5.74) is 11.5. The number of esters is 2. The quantitative estimate of drug-likeness (QED) is 0.108. The minimum absolute atomic E-state index is 0.0504. The van der Waals surface area contributed by atoms with E-state index in [0.29, 0.717) is 40.3 Å². The number of fused-ring (bicyclic) bond motifs is 2. The third kappa shape index (κ3) is 10.5. The fraction of sp³-hybridized carbons (Fsp3) is 0.333. The predicted octanol–water partition coefficient (Wildman–Crippen LogP) is 5.63. The SMILES string of the molecule is COC(=O)c1cc(-n2cnc(N)c2)cc(OC)c1OC.COC(=O)c1cc(-n2cnc(Nc3nc(N4CCC[C@H]4CO)c4cccn4n3)c2)cc(C)c1C.OC[C@@H]1CCCN1c1nc(Cl)nn2cccc12. The van der Waals surface area contributed by atoms with E-state index in [2.05, 4.69) is 40.3 Å². The van der Waals surface area contributed by atoms with Crippen molar-refractivity contribution in [3.63, 3.8) is 0 Å². The van der Waals surface area contributed by atoms with E-state index in [-0.39, 0.29) is 42.1 Å². The van der Waals surface area contributed by atoms with Crippen LogP contribution in [0.15, 0.2) is 86.0 Å². The number of benzene rings is 2. The Kier molecular flexibility index (Phi) is 15.2. The van der Waals surface area contributed by atoms with Gasteiger partial charge in [-0.1, -0.05) is 0 Å². The molecule has 6 aromatic heterocycles. The van der Waals surface area contributed by atoms with Crippen LogP contribution >= 0.6 is 11.6 Å². The number of halogens is 1. The second-order valence-corrected chi connectivity index (χ2v) is 17.0. The van der Waals surface area contributed by atoms with Gasteiger partial charge in [-0.15, -0.1) is 10.2 Å². The van der Waals surface area contributed by atoms with Crippen LogP contribution in [0.4, 0.5) is 29.2 Å². The summed E-state index contributed by atoms with van der Waals surface area (Å²) in [4.78, 5) is 45.7. The molecule has 2 aliphatic heterocycles. The minimum atomic E-state index is -0.518. The van der Waals surface area contributed by atoms with Gasteiger partial charge in [0.2, 0.25) is 11.2 Å². The number of aryl methyl sites for hydroxylation is 1. The molecular formula is C48H55ClN14O8. The Balaban J connectivity index is 0.000000155. The standard InChI is InChI=1S/C24H27N7O3.C13H15N3O4.C11H13ClN4O/c1-15-10-18(11-19(16(15)2)23(33)34-3)29-12-21(25-14-29)26-24-27-22(20-7-5-9-31(20)28-24)30-8-4-6-17(30)13-32;1-18-10-5-8(16-6-11(14)15-7-16)4-9(12(10)19-2)13(17)20-3;12-11-13-10(9-4-2-6-16(9)14-11)15-5-1-3-8(15)7-17/h5,7,9-12,14,17,32H,4,6,8,13H2,1-3H3,(H,26,28);4-7H,14H2,1-3H3;2,4,6,8,17H,1,3,5,7H2/t17-;;8-/m0.0/s1. The molecule has 8 aromatic rings. The number of nitrogen functional groups attached to an aromatic ring is 1. The molecule has 2 atom stereocenters. The molecule has 71 heavy (non-hydrogen) atoms. The van der Waals surface area contributed by atoms with E-state index >= 15 is 0 Å². The first-order valence-corrected chi connectivity index (χ1v) is 23.0. The molecule has 10 rings (SSSR count). The van der Waals surface area contributed by atoms with Gasteiger partial charge in [0.25, 0.3) is 0 Å². The van der Waals surface area contributed by atoms with Crippen LogP contribution in [0.25, 0.3) is 22.4 Å². The van der Waals surface area contributed by atoms with Crippen LogP contribution in [0.2, 0.25) is 5.28 Å². The van der Waals surface area contributed by atoms with Crippen molar-refractivity contribution in [2.75, 3.05) is 75.6 Å². The summed E-state index contributed by atoms with van der Waals surface area (Å²) in [6, 6.07) is 15.1. The van der Waals surface area contributed by atoms with Crippen LogP contribution in [0.3, 0.4) is 0 Å². The maximum Gasteiger partial charge on any atom is 0.341 e. The van der Waals surface area contributed by atoms with Gasteiger partial charge >= 0.3 is 11.9 Å². The van der Waals surface area contributed by atoms with E-state index in [1.165, 1.54) is 34.8 Å². The van der Waals surface area contributed by atoms with E-state index in [1.54, 1.807) is 44.3 Å². The highest BCUT2D eigenvalue weighted by molar-refractivity contribution is 6.28. The molecule has 2 aliphatic rings. The van der Waals surface area contributed by atoms with Gasteiger partial charge in [-0.2, -0.15) is 9.97 Å². The number of hydrogen-bond acceptors (Lipinski definition) is 18. The van der Waals surface area contributed by atoms with E-state index in [0.717, 1.165) is 78.3 Å². The number of hydrogen-bond donors (Lipinski definition) is 4. The smallest absolute Gasteiger partial charge is 0.341 e. The summed E-state index contributed by atoms with van der Waals surface area (Å²) in [5.74, 6) is 2.79. The number of anilines is 5. The average Bonchev–Trinajstić information content (AvgIpc) is 4.26. The van der Waals surface area contributed by atoms with Crippen molar-refractivity contribution in [1.82, 2.24) is 48.3 Å². The lowest BCUT2D eigenvalue weighted by Gasteiger charge is -2.25. The summed E-state index contributed by atoms with van der Waals surface area (Å²) in [7, 11) is 5.63. The molecule has 0 unspecified atom stereocenters. The number of aromatic nitrogens is 10. The number of nitrogens with two attached hydrogens (primary N) is 1. The zero-order valence-corrected chi connectivity index (χ0v) is 40.8. The summed E-state index contributed by atoms with van der Waals surface area (Å²) in [6.07, 6.45) is 14.4. The number of aliphatic hydroxyl groups is 2. The van der Waals surface area contributed by atoms with Gasteiger partial charge in [-0.3, -0.25) is 0 Å². The van der Waals surface area contributed by atoms with Crippen molar-refractivity contribution < 1.29 is 38.7 Å². The molecule has 2 saturated heterocycles. The Bertz CT molecular complexity index is 3170. The molecule has 0 saturated carbocycles. The van der Waals surface area contributed by atoms with Crippen molar-refractivity contribution in [2.24, 2.45) is 0 Å². The number of aliphatic hydroxyl groups excluding tert-OH is 2. The van der Waals surface area contributed by atoms with Crippen LogP contribution in [0.1, 0.15) is 57.5 Å². The first-order chi connectivity index (χ1) is 34.4. The molecule has 0 bridgehead atoms. The van der Waals surface area contributed by atoms with Gasteiger partial charge in [-0.05, 0) is 105 Å². The van der Waals surface area contributed by atoms with Crippen LogP contribution < -0.4 is 30.3 Å². The van der Waals surface area contributed by atoms with E-state index < -0.39 is 5.97 Å². The number of nitrogens with one attached hydrogen (secondary N) is 1. The molecule has 0 aliphatic carbocycles. The second-order valence-electron chi connectivity index (χ2n) is 16.6. The van der Waals surface area contributed by atoms with Crippen molar-refractivity contribution in [3.8, 4) is 22.9 Å². The Morgan fingerprint density at radius 3 is 1.93 bits per heavy atom. The summed E-state index contributed by atoms with van der Waals surface area (Å²) in [6.45, 7) is 5.84. The molecule has 0 spiro atoms. The van der Waals surface area contributed by atoms with Crippen molar-refractivity contribution in [2.45, 2.75) is 51.6 Å². The molecule has 2 aromatic carbocycles. The van der Waals surface area contributed by atoms with E-state index in [4.69, 9.17) is 41.3 Å². The molecule has 372 valence electrons. The summed E-state index contributed by atoms with van der Waals surface area (Å²) < 4.78 is 27.1. The largest absolute Gasteiger partial charge is 0.493 e. The number of nitrogens with zero attached hydrogens (tertiary/aromatic N) is 12. The molecule has 5 N–H and O–H groups in total. The first-order valence-electron chi connectivity index (χ1n) is 22.6. The van der Waals surface area contributed by atoms with Gasteiger partial charge < -0.3 is 59.1 Å². The Hall–Kier alpha value is -7.95. The van der Waals surface area contributed by atoms with Crippen molar-refractivity contribution in [3.05, 3.63) is 114 Å². The van der Waals surface area contributed by atoms with E-state index in [1.807, 2.05) is 67.3 Å². The van der Waals surface area contributed by atoms with Crippen LogP contribution in [0, 0.1) is 13.8 Å². The number of imidazole rings is 2. The fourth-order valence-electron chi connectivity index (χ4n) is 8.69. The monoisotopic (exact) mass is 990 g/mol. The molecular weight excluding hydrogens is 936 g/mol. The van der Waals surface area contributed by atoms with Gasteiger partial charge in [0.1, 0.15) is 35.1 Å². The zero-order valence-electron chi connectivity index (χ0n) is 40.1. The number of ether oxygens (including phenoxy) is 4. The maximum absolute atomic E-state index is 12.2. The minimum Gasteiger partial charge on any atom is -0.493 e. The Morgan fingerprint density at radius 1 is 0.761 bits per heavy atom. The van der Waals surface area contributed by atoms with E-state index in [9.17, 15) is 19.8 Å². The highest BCUT2D eigenvalue weighted by Crippen LogP contribution is 2.35. The first kappa shape index (κ1) is 49.5. The molecule has 0 amide bonds. The number of carbonyl (C=O) groups excluding carboxylic acids is 2. The number of methoxy groups -OCH3 is 4. The van der Waals surface area contributed by atoms with Crippen LogP contribution in [0.5, 0.6) is 11.5 Å². The number of carbonyl (C=O) groups is 2. The molecule has 0 radical (unpaired) electrons. The summed E-state index contributed by atoms with van der Waals surface area (Å²) >= 11 is 5.92. The van der Waals surface area contributed by atoms with Gasteiger partial charge in [0.05, 0.1) is 77.4 Å². The molecule has 22 nitrogen and oxygen atoms in total. The lowest BCUT2D eigenvalue weighted by Crippen LogP contribution is -2.33. The van der Waals surface area contributed by atoms with Gasteiger partial charge in [-0.25, -0.2) is 28.6 Å². The average molecular weight is 992 g/mol. The van der Waals surface area contributed by atoms with Crippen molar-refractivity contribution >= 4 is 63.8 Å². The fourth-order valence-corrected chi connectivity index (χ4v) is 8.85. The lowest BCUT2D eigenvalue weighted by molar-refractivity contribution is 0.0589. The molecule has 2 fully saturated rings. The normalized spacial score (nSPS) is 15.3. The van der Waals surface area contributed by atoms with Gasteiger partial charge in [0, 0.05) is 37.2 Å². The lowest BCUT2D eigenvalue weighted by atomic mass is 10.0. The third-order valence-electron chi connectivity index (χ3n) is 12.4. The Morgan fingerprint density at radius 2 is 1.34 bits per heavy atom. The highest BCUT2D eigenvalue weighted by atomic mass is 35.5. The van der Waals surface area contributed by atoms with Gasteiger partial charge in [0.15, 0.2) is 29.0 Å². The van der Waals surface area contributed by atoms with Crippen molar-refractivity contribution in [1.29, 1.82) is 0 Å². The topological polar surface area (TPSA) is 252 Å². The zero-order chi connectivity index (χ0) is 50.3. The Labute approximate surface area is 413 Å². The number of rotatable bonds is 12. The predicted molar refractivity (Wildman–Crippen MR) is 266 cm³/mol. The maximum atomic E-state index is 12.2. The van der Waals surface area contributed by atoms with Crippen LogP contribution in [-0.2, 0) is 9.47 Å². The molecule has 23 heteroatoms. The second kappa shape index (κ2) is 21.8.